The van der Waals surface area contributed by atoms with Crippen molar-refractivity contribution in [1.29, 1.82) is 0 Å². The zero-order chi connectivity index (χ0) is 25.2. The molecule has 0 radical (unpaired) electrons. The van der Waals surface area contributed by atoms with Crippen LogP contribution in [0.5, 0.6) is 5.75 Å². The minimum atomic E-state index is 0.00784. The van der Waals surface area contributed by atoms with Crippen molar-refractivity contribution in [3.8, 4) is 22.7 Å². The largest absolute Gasteiger partial charge is 0.497 e. The van der Waals surface area contributed by atoms with E-state index in [0.717, 1.165) is 47.0 Å². The number of amides is 1. The molecule has 0 unspecified atom stereocenters. The predicted molar refractivity (Wildman–Crippen MR) is 144 cm³/mol. The highest BCUT2D eigenvalue weighted by Crippen LogP contribution is 2.26. The SMILES string of the molecule is COc1ccc(N2CCN(C(=O)c3cc(-c4ccc(C)c(C)c4)nn3-c3cccc(C)c3)CC2)cc1. The Labute approximate surface area is 212 Å². The van der Waals surface area contributed by atoms with Crippen LogP contribution in [0, 0.1) is 20.8 Å². The molecule has 184 valence electrons. The number of ether oxygens (including phenoxy) is 1. The lowest BCUT2D eigenvalue weighted by Crippen LogP contribution is -2.49. The van der Waals surface area contributed by atoms with E-state index in [4.69, 9.17) is 9.84 Å². The van der Waals surface area contributed by atoms with Crippen LogP contribution >= 0.6 is 0 Å². The molecule has 0 N–H and O–H groups in total. The second kappa shape index (κ2) is 9.90. The molecular formula is C30H32N4O2. The van der Waals surface area contributed by atoms with E-state index in [9.17, 15) is 4.79 Å². The first-order valence-corrected chi connectivity index (χ1v) is 12.4. The van der Waals surface area contributed by atoms with E-state index in [1.165, 1.54) is 11.1 Å². The van der Waals surface area contributed by atoms with E-state index in [1.54, 1.807) is 11.8 Å². The Bertz CT molecular complexity index is 1380. The summed E-state index contributed by atoms with van der Waals surface area (Å²) in [6.07, 6.45) is 0. The fraction of sp³-hybridized carbons (Fsp3) is 0.267. The number of hydrogen-bond donors (Lipinski definition) is 0. The minimum absolute atomic E-state index is 0.00784. The van der Waals surface area contributed by atoms with E-state index in [1.807, 2.05) is 35.2 Å². The number of piperazine rings is 1. The van der Waals surface area contributed by atoms with Crippen LogP contribution in [0.2, 0.25) is 0 Å². The van der Waals surface area contributed by atoms with Gasteiger partial charge in [-0.2, -0.15) is 5.10 Å². The van der Waals surface area contributed by atoms with Crippen LogP contribution in [0.4, 0.5) is 5.69 Å². The van der Waals surface area contributed by atoms with Crippen molar-refractivity contribution in [2.75, 3.05) is 38.2 Å². The maximum absolute atomic E-state index is 13.8. The highest BCUT2D eigenvalue weighted by Gasteiger charge is 2.26. The highest BCUT2D eigenvalue weighted by atomic mass is 16.5. The Hall–Kier alpha value is -4.06. The van der Waals surface area contributed by atoms with E-state index >= 15 is 0 Å². The van der Waals surface area contributed by atoms with Crippen molar-refractivity contribution in [3.05, 3.63) is 95.2 Å². The third-order valence-electron chi connectivity index (χ3n) is 6.98. The van der Waals surface area contributed by atoms with Crippen molar-refractivity contribution in [3.63, 3.8) is 0 Å². The molecule has 1 fully saturated rings. The summed E-state index contributed by atoms with van der Waals surface area (Å²) in [5.74, 6) is 0.852. The van der Waals surface area contributed by atoms with Gasteiger partial charge in [-0.3, -0.25) is 4.79 Å². The number of aryl methyl sites for hydroxylation is 3. The molecule has 1 saturated heterocycles. The first-order chi connectivity index (χ1) is 17.4. The van der Waals surface area contributed by atoms with Gasteiger partial charge in [-0.05, 0) is 86.0 Å². The van der Waals surface area contributed by atoms with Crippen molar-refractivity contribution in [1.82, 2.24) is 14.7 Å². The number of anilines is 1. The van der Waals surface area contributed by atoms with Crippen molar-refractivity contribution >= 4 is 11.6 Å². The Morgan fingerprint density at radius 2 is 1.56 bits per heavy atom. The molecule has 1 aliphatic rings. The summed E-state index contributed by atoms with van der Waals surface area (Å²) in [5.41, 5.74) is 8.02. The standard InChI is InChI=1S/C30H32N4O2/c1-21-6-5-7-26(18-21)34-29(20-28(31-34)24-9-8-22(2)23(3)19-24)30(35)33-16-14-32(15-17-33)25-10-12-27(36-4)13-11-25/h5-13,18-20H,14-17H2,1-4H3. The molecule has 6 heteroatoms. The fourth-order valence-electron chi connectivity index (χ4n) is 4.65. The van der Waals surface area contributed by atoms with Crippen molar-refractivity contribution < 1.29 is 9.53 Å². The third-order valence-corrected chi connectivity index (χ3v) is 6.98. The molecular weight excluding hydrogens is 448 g/mol. The second-order valence-electron chi connectivity index (χ2n) is 9.44. The molecule has 5 rings (SSSR count). The third kappa shape index (κ3) is 4.71. The van der Waals surface area contributed by atoms with Gasteiger partial charge in [0, 0.05) is 37.4 Å². The lowest BCUT2D eigenvalue weighted by Gasteiger charge is -2.36. The topological polar surface area (TPSA) is 50.6 Å². The average Bonchev–Trinajstić information content (AvgIpc) is 3.36. The molecule has 1 aliphatic heterocycles. The van der Waals surface area contributed by atoms with E-state index < -0.39 is 0 Å². The van der Waals surface area contributed by atoms with Gasteiger partial charge in [0.2, 0.25) is 0 Å². The monoisotopic (exact) mass is 480 g/mol. The lowest BCUT2D eigenvalue weighted by atomic mass is 10.0. The molecule has 1 amide bonds. The van der Waals surface area contributed by atoms with Gasteiger partial charge in [0.25, 0.3) is 5.91 Å². The fourth-order valence-corrected chi connectivity index (χ4v) is 4.65. The molecule has 0 bridgehead atoms. The Morgan fingerprint density at radius 1 is 0.806 bits per heavy atom. The number of rotatable bonds is 5. The van der Waals surface area contributed by atoms with Crippen LogP contribution in [-0.2, 0) is 0 Å². The number of methoxy groups -OCH3 is 1. The molecule has 3 aromatic carbocycles. The summed E-state index contributed by atoms with van der Waals surface area (Å²) >= 11 is 0. The Balaban J connectivity index is 1.42. The minimum Gasteiger partial charge on any atom is -0.497 e. The zero-order valence-corrected chi connectivity index (χ0v) is 21.4. The molecule has 0 saturated carbocycles. The number of nitrogens with zero attached hydrogens (tertiary/aromatic N) is 4. The quantitative estimate of drug-likeness (QED) is 0.382. The van der Waals surface area contributed by atoms with Gasteiger partial charge >= 0.3 is 0 Å². The number of aromatic nitrogens is 2. The molecule has 0 aliphatic carbocycles. The first-order valence-electron chi connectivity index (χ1n) is 12.4. The smallest absolute Gasteiger partial charge is 0.272 e. The van der Waals surface area contributed by atoms with Crippen LogP contribution in [0.1, 0.15) is 27.2 Å². The van der Waals surface area contributed by atoms with Crippen LogP contribution in [-0.4, -0.2) is 53.9 Å². The highest BCUT2D eigenvalue weighted by molar-refractivity contribution is 5.94. The number of benzene rings is 3. The first kappa shape index (κ1) is 23.7. The van der Waals surface area contributed by atoms with Crippen molar-refractivity contribution in [2.24, 2.45) is 0 Å². The zero-order valence-electron chi connectivity index (χ0n) is 21.4. The van der Waals surface area contributed by atoms with Crippen LogP contribution in [0.25, 0.3) is 16.9 Å². The van der Waals surface area contributed by atoms with Gasteiger partial charge in [-0.25, -0.2) is 4.68 Å². The van der Waals surface area contributed by atoms with Crippen LogP contribution in [0.3, 0.4) is 0 Å². The van der Waals surface area contributed by atoms with Gasteiger partial charge in [0.15, 0.2) is 0 Å². The maximum atomic E-state index is 13.8. The van der Waals surface area contributed by atoms with Crippen LogP contribution < -0.4 is 9.64 Å². The molecule has 4 aromatic rings. The molecule has 0 spiro atoms. The summed E-state index contributed by atoms with van der Waals surface area (Å²) < 4.78 is 7.08. The van der Waals surface area contributed by atoms with Gasteiger partial charge in [0.05, 0.1) is 18.5 Å². The van der Waals surface area contributed by atoms with E-state index in [-0.39, 0.29) is 5.91 Å². The maximum Gasteiger partial charge on any atom is 0.272 e. The second-order valence-corrected chi connectivity index (χ2v) is 9.44. The Kier molecular flexibility index (Phi) is 6.51. The number of carbonyl (C=O) groups excluding carboxylic acids is 1. The van der Waals surface area contributed by atoms with Gasteiger partial charge in [-0.15, -0.1) is 0 Å². The van der Waals surface area contributed by atoms with Gasteiger partial charge in [0.1, 0.15) is 11.4 Å². The summed E-state index contributed by atoms with van der Waals surface area (Å²) in [6, 6.07) is 24.5. The summed E-state index contributed by atoms with van der Waals surface area (Å²) in [7, 11) is 1.67. The molecule has 2 heterocycles. The van der Waals surface area contributed by atoms with Gasteiger partial charge in [-0.1, -0.05) is 24.3 Å². The molecule has 6 nitrogen and oxygen atoms in total. The van der Waals surface area contributed by atoms with Crippen LogP contribution in [0.15, 0.2) is 72.8 Å². The molecule has 0 atom stereocenters. The normalized spacial score (nSPS) is 13.7. The predicted octanol–water partition coefficient (Wildman–Crippen LogP) is 5.44. The number of hydrogen-bond acceptors (Lipinski definition) is 4. The van der Waals surface area contributed by atoms with E-state index in [2.05, 4.69) is 68.1 Å². The average molecular weight is 481 g/mol. The van der Waals surface area contributed by atoms with Crippen molar-refractivity contribution in [2.45, 2.75) is 20.8 Å². The molecule has 36 heavy (non-hydrogen) atoms. The lowest BCUT2D eigenvalue weighted by molar-refractivity contribution is 0.0737. The molecule has 1 aromatic heterocycles. The van der Waals surface area contributed by atoms with Gasteiger partial charge < -0.3 is 14.5 Å². The summed E-state index contributed by atoms with van der Waals surface area (Å²) in [4.78, 5) is 18.0. The Morgan fingerprint density at radius 3 is 2.22 bits per heavy atom. The summed E-state index contributed by atoms with van der Waals surface area (Å²) in [5, 5.41) is 4.90. The summed E-state index contributed by atoms with van der Waals surface area (Å²) in [6.45, 7) is 9.12. The number of carbonyl (C=O) groups is 1. The van der Waals surface area contributed by atoms with E-state index in [0.29, 0.717) is 18.8 Å².